The van der Waals surface area contributed by atoms with Gasteiger partial charge < -0.3 is 14.6 Å². The molecule has 7 nitrogen and oxygen atoms in total. The van der Waals surface area contributed by atoms with Crippen LogP contribution in [0.25, 0.3) is 0 Å². The Balaban J connectivity index is 2.07. The fourth-order valence-corrected chi connectivity index (χ4v) is 2.78. The Morgan fingerprint density at radius 1 is 1.57 bits per heavy atom. The number of hydrogen-bond acceptors (Lipinski definition) is 5. The Kier molecular flexibility index (Phi) is 4.79. The molecule has 0 saturated carbocycles. The van der Waals surface area contributed by atoms with Crippen molar-refractivity contribution in [2.45, 2.75) is 32.0 Å². The maximum absolute atomic E-state index is 11.1. The second kappa shape index (κ2) is 6.40. The zero-order chi connectivity index (χ0) is 15.6. The van der Waals surface area contributed by atoms with E-state index in [4.69, 9.17) is 14.6 Å². The number of hydrogen-bond donors (Lipinski definition) is 1. The van der Waals surface area contributed by atoms with Crippen LogP contribution in [0.5, 0.6) is 5.75 Å². The minimum absolute atomic E-state index is 0.0904. The second-order valence-corrected chi connectivity index (χ2v) is 5.72. The maximum atomic E-state index is 11.1. The van der Waals surface area contributed by atoms with Crippen LogP contribution in [0.2, 0.25) is 0 Å². The number of nitro groups is 1. The van der Waals surface area contributed by atoms with Crippen molar-refractivity contribution in [3.63, 3.8) is 0 Å². The van der Waals surface area contributed by atoms with Gasteiger partial charge in [-0.05, 0) is 31.4 Å². The Morgan fingerprint density at radius 3 is 2.86 bits per heavy atom. The minimum Gasteiger partial charge on any atom is -0.484 e. The highest BCUT2D eigenvalue weighted by Gasteiger charge is 2.31. The average molecular weight is 360 g/mol. The van der Waals surface area contributed by atoms with Gasteiger partial charge in [0.05, 0.1) is 11.0 Å². The van der Waals surface area contributed by atoms with Crippen molar-refractivity contribution in [2.75, 3.05) is 6.61 Å². The van der Waals surface area contributed by atoms with E-state index in [1.54, 1.807) is 13.0 Å². The fourth-order valence-electron chi connectivity index (χ4n) is 2.22. The Bertz CT molecular complexity index is 576. The quantitative estimate of drug-likeness (QED) is 0.640. The summed E-state index contributed by atoms with van der Waals surface area (Å²) in [6, 6.07) is 3.09. The number of carboxylic acids is 1. The molecule has 2 unspecified atom stereocenters. The third-order valence-electron chi connectivity index (χ3n) is 3.21. The van der Waals surface area contributed by atoms with Crippen LogP contribution in [-0.2, 0) is 9.53 Å². The van der Waals surface area contributed by atoms with Gasteiger partial charge in [0.2, 0.25) is 0 Å². The van der Waals surface area contributed by atoms with E-state index in [0.29, 0.717) is 22.9 Å². The minimum atomic E-state index is -0.997. The highest BCUT2D eigenvalue weighted by molar-refractivity contribution is 9.10. The van der Waals surface area contributed by atoms with Crippen LogP contribution in [0, 0.1) is 17.0 Å². The normalized spacial score (nSPS) is 21.2. The number of carboxylic acid groups (broad SMARTS) is 1. The number of rotatable bonds is 5. The van der Waals surface area contributed by atoms with Crippen molar-refractivity contribution in [3.8, 4) is 5.75 Å². The molecule has 1 heterocycles. The van der Waals surface area contributed by atoms with Crippen LogP contribution in [-0.4, -0.2) is 34.8 Å². The van der Waals surface area contributed by atoms with E-state index in [1.807, 2.05) is 0 Å². The molecule has 0 aromatic heterocycles. The molecule has 0 aliphatic carbocycles. The van der Waals surface area contributed by atoms with Gasteiger partial charge in [0, 0.05) is 10.5 Å². The van der Waals surface area contributed by atoms with Gasteiger partial charge in [-0.3, -0.25) is 10.1 Å². The summed E-state index contributed by atoms with van der Waals surface area (Å²) in [6.45, 7) is 1.80. The lowest BCUT2D eigenvalue weighted by molar-refractivity contribution is -0.386. The standard InChI is InChI=1S/C13H14BrNO6/c1-7-4-8(14)5-10(15(18)19)12(7)20-6-9-2-3-11(21-9)13(16)17/h4-5,9,11H,2-3,6H2,1H3,(H,16,17). The van der Waals surface area contributed by atoms with Crippen molar-refractivity contribution in [1.29, 1.82) is 0 Å². The number of nitrogens with zero attached hydrogens (tertiary/aromatic N) is 1. The average Bonchev–Trinajstić information content (AvgIpc) is 2.85. The van der Waals surface area contributed by atoms with Crippen molar-refractivity contribution in [2.24, 2.45) is 0 Å². The third-order valence-corrected chi connectivity index (χ3v) is 3.67. The molecule has 1 aromatic rings. The summed E-state index contributed by atoms with van der Waals surface area (Å²) in [7, 11) is 0. The summed E-state index contributed by atoms with van der Waals surface area (Å²) in [5, 5.41) is 19.9. The van der Waals surface area contributed by atoms with Crippen LogP contribution in [0.3, 0.4) is 0 Å². The van der Waals surface area contributed by atoms with Gasteiger partial charge in [-0.25, -0.2) is 4.79 Å². The largest absolute Gasteiger partial charge is 0.484 e. The number of ether oxygens (including phenoxy) is 2. The lowest BCUT2D eigenvalue weighted by atomic mass is 10.2. The Hall–Kier alpha value is -1.67. The number of carbonyl (C=O) groups is 1. The molecular formula is C13H14BrNO6. The predicted molar refractivity (Wildman–Crippen MR) is 76.6 cm³/mol. The molecular weight excluding hydrogens is 346 g/mol. The summed E-state index contributed by atoms with van der Waals surface area (Å²) in [5.74, 6) is -0.811. The van der Waals surface area contributed by atoms with Gasteiger partial charge in [0.25, 0.3) is 0 Å². The Labute approximate surface area is 129 Å². The van der Waals surface area contributed by atoms with Gasteiger partial charge in [-0.1, -0.05) is 15.9 Å². The third kappa shape index (κ3) is 3.70. The number of aliphatic carboxylic acids is 1. The SMILES string of the molecule is Cc1cc(Br)cc([N+](=O)[O-])c1OCC1CCC(C(=O)O)O1. The molecule has 1 aliphatic heterocycles. The molecule has 1 saturated heterocycles. The molecule has 1 fully saturated rings. The first-order valence-corrected chi connectivity index (χ1v) is 7.13. The molecule has 2 atom stereocenters. The highest BCUT2D eigenvalue weighted by atomic mass is 79.9. The van der Waals surface area contributed by atoms with Crippen LogP contribution in [0.4, 0.5) is 5.69 Å². The molecule has 2 rings (SSSR count). The van der Waals surface area contributed by atoms with E-state index in [2.05, 4.69) is 15.9 Å². The lowest BCUT2D eigenvalue weighted by Crippen LogP contribution is -2.24. The van der Waals surface area contributed by atoms with Crippen LogP contribution in [0.1, 0.15) is 18.4 Å². The van der Waals surface area contributed by atoms with E-state index < -0.39 is 17.0 Å². The van der Waals surface area contributed by atoms with E-state index >= 15 is 0 Å². The zero-order valence-corrected chi connectivity index (χ0v) is 12.8. The molecule has 0 amide bonds. The molecule has 0 radical (unpaired) electrons. The molecule has 1 N–H and O–H groups in total. The summed E-state index contributed by atoms with van der Waals surface area (Å²) in [4.78, 5) is 21.3. The first-order chi connectivity index (χ1) is 9.88. The van der Waals surface area contributed by atoms with Gasteiger partial charge >= 0.3 is 11.7 Å². The molecule has 8 heteroatoms. The van der Waals surface area contributed by atoms with Gasteiger partial charge in [-0.15, -0.1) is 0 Å². The van der Waals surface area contributed by atoms with E-state index in [9.17, 15) is 14.9 Å². The van der Waals surface area contributed by atoms with Crippen LogP contribution in [0.15, 0.2) is 16.6 Å². The van der Waals surface area contributed by atoms with Crippen LogP contribution >= 0.6 is 15.9 Å². The van der Waals surface area contributed by atoms with Gasteiger partial charge in [0.15, 0.2) is 11.9 Å². The summed E-state index contributed by atoms with van der Waals surface area (Å²) >= 11 is 3.21. The first kappa shape index (κ1) is 15.7. The molecule has 1 aromatic carbocycles. The van der Waals surface area contributed by atoms with Gasteiger partial charge in [0.1, 0.15) is 6.61 Å². The smallest absolute Gasteiger partial charge is 0.332 e. The monoisotopic (exact) mass is 359 g/mol. The zero-order valence-electron chi connectivity index (χ0n) is 11.2. The van der Waals surface area contributed by atoms with Gasteiger partial charge in [-0.2, -0.15) is 0 Å². The predicted octanol–water partition coefficient (Wildman–Crippen LogP) is 2.68. The Morgan fingerprint density at radius 2 is 2.29 bits per heavy atom. The maximum Gasteiger partial charge on any atom is 0.332 e. The molecule has 114 valence electrons. The number of halogens is 1. The van der Waals surface area contributed by atoms with E-state index in [0.717, 1.165) is 0 Å². The molecule has 1 aliphatic rings. The number of nitro benzene ring substituents is 1. The second-order valence-electron chi connectivity index (χ2n) is 4.80. The molecule has 0 bridgehead atoms. The summed E-state index contributed by atoms with van der Waals surface area (Å²) in [6.07, 6.45) is -0.209. The van der Waals surface area contributed by atoms with Crippen LogP contribution < -0.4 is 4.74 Å². The molecule has 0 spiro atoms. The highest BCUT2D eigenvalue weighted by Crippen LogP contribution is 2.34. The first-order valence-electron chi connectivity index (χ1n) is 6.34. The lowest BCUT2D eigenvalue weighted by Gasteiger charge is -2.14. The number of aryl methyl sites for hydroxylation is 1. The van der Waals surface area contributed by atoms with Crippen molar-refractivity contribution >= 4 is 27.6 Å². The number of benzene rings is 1. The topological polar surface area (TPSA) is 98.9 Å². The summed E-state index contributed by atoms with van der Waals surface area (Å²) < 4.78 is 11.4. The van der Waals surface area contributed by atoms with Crippen molar-refractivity contribution < 1.29 is 24.3 Å². The van der Waals surface area contributed by atoms with Crippen molar-refractivity contribution in [3.05, 3.63) is 32.3 Å². The van der Waals surface area contributed by atoms with Crippen molar-refractivity contribution in [1.82, 2.24) is 0 Å². The van der Waals surface area contributed by atoms with E-state index in [1.165, 1.54) is 6.07 Å². The fraction of sp³-hybridized carbons (Fsp3) is 0.462. The molecule has 21 heavy (non-hydrogen) atoms. The summed E-state index contributed by atoms with van der Waals surface area (Å²) in [5.41, 5.74) is 0.499. The van der Waals surface area contributed by atoms with E-state index in [-0.39, 0.29) is 24.1 Å².